The average molecular weight is 1030 g/mol. The lowest BCUT2D eigenvalue weighted by Crippen LogP contribution is -2.30. The zero-order valence-electron chi connectivity index (χ0n) is 48.3. The summed E-state index contributed by atoms with van der Waals surface area (Å²) in [6.07, 6.45) is 83.7. The first kappa shape index (κ1) is 70.1. The van der Waals surface area contributed by atoms with Crippen LogP contribution >= 0.6 is 0 Å². The SMILES string of the molecule is CC/C=C\C/C=C\C/C=C\C/C=C\C/C=C\CCCCCC(=O)OC(COC(=O)CCCCCCC/C=C\C/C=C\CCCC)COC(=O)CCCCCCCCCCCCC/C=C\C/C=C\CCCCCCC. The van der Waals surface area contributed by atoms with Crippen LogP contribution < -0.4 is 0 Å². The van der Waals surface area contributed by atoms with E-state index < -0.39 is 6.10 Å². The van der Waals surface area contributed by atoms with Gasteiger partial charge in [-0.1, -0.05) is 252 Å². The Bertz CT molecular complexity index is 1510. The Morgan fingerprint density at radius 2 is 0.541 bits per heavy atom. The minimum absolute atomic E-state index is 0.0980. The lowest BCUT2D eigenvalue weighted by Gasteiger charge is -2.18. The number of carbonyl (C=O) groups is 3. The highest BCUT2D eigenvalue weighted by Crippen LogP contribution is 2.15. The highest BCUT2D eigenvalue weighted by Gasteiger charge is 2.19. The first-order valence-corrected chi connectivity index (χ1v) is 30.9. The Morgan fingerprint density at radius 1 is 0.284 bits per heavy atom. The van der Waals surface area contributed by atoms with Gasteiger partial charge in [0.2, 0.25) is 0 Å². The fourth-order valence-corrected chi connectivity index (χ4v) is 8.34. The van der Waals surface area contributed by atoms with Crippen LogP contribution in [0.5, 0.6) is 0 Å². The molecule has 0 saturated carbocycles. The van der Waals surface area contributed by atoms with Gasteiger partial charge < -0.3 is 14.2 Å². The van der Waals surface area contributed by atoms with E-state index in [2.05, 4.69) is 130 Å². The van der Waals surface area contributed by atoms with Crippen LogP contribution in [0.1, 0.15) is 284 Å². The van der Waals surface area contributed by atoms with E-state index in [4.69, 9.17) is 14.2 Å². The average Bonchev–Trinajstić information content (AvgIpc) is 3.40. The number of unbranched alkanes of at least 4 members (excludes halogenated alkanes) is 26. The zero-order chi connectivity index (χ0) is 53.6. The molecule has 0 saturated heterocycles. The summed E-state index contributed by atoms with van der Waals surface area (Å²) in [6.45, 7) is 6.45. The molecule has 0 spiro atoms. The molecule has 6 nitrogen and oxygen atoms in total. The first-order valence-electron chi connectivity index (χ1n) is 30.9. The first-order chi connectivity index (χ1) is 36.5. The van der Waals surface area contributed by atoms with E-state index in [1.165, 1.54) is 116 Å². The highest BCUT2D eigenvalue weighted by atomic mass is 16.6. The molecular weight excluding hydrogens is 913 g/mol. The van der Waals surface area contributed by atoms with Gasteiger partial charge in [-0.3, -0.25) is 14.4 Å². The Morgan fingerprint density at radius 3 is 0.878 bits per heavy atom. The third-order valence-corrected chi connectivity index (χ3v) is 13.0. The van der Waals surface area contributed by atoms with Crippen molar-refractivity contribution in [2.45, 2.75) is 290 Å². The zero-order valence-corrected chi connectivity index (χ0v) is 48.3. The van der Waals surface area contributed by atoms with Crippen molar-refractivity contribution < 1.29 is 28.6 Å². The second-order valence-electron chi connectivity index (χ2n) is 20.2. The van der Waals surface area contributed by atoms with Crippen molar-refractivity contribution in [2.24, 2.45) is 0 Å². The monoisotopic (exact) mass is 1030 g/mol. The molecule has 0 aliphatic rings. The topological polar surface area (TPSA) is 78.9 Å². The number of hydrogen-bond acceptors (Lipinski definition) is 6. The van der Waals surface area contributed by atoms with Crippen LogP contribution in [0, 0.1) is 0 Å². The molecule has 0 radical (unpaired) electrons. The standard InChI is InChI=1S/C68H114O6/c1-4-7-10-13-16-19-22-25-28-30-32-33-34-35-37-38-40-43-46-49-52-55-58-61-67(70)73-64-65(63-72-66(69)60-57-54-51-48-45-42-27-24-21-18-15-12-9-6-3)74-68(71)62-59-56-53-50-47-44-41-39-36-31-29-26-23-20-17-14-11-8-5-2/h8,11,15,17-18,20,22,24-27,29-30,32,36,39,44,47,65H,4-7,9-10,12-14,16,19,21,23,28,31,33-35,37-38,40-43,45-46,48-64H2,1-3H3/b11-8-,18-15-,20-17-,25-22-,27-24-,29-26-,32-30-,39-36-,47-44-. The van der Waals surface area contributed by atoms with Crippen LogP contribution in [0.3, 0.4) is 0 Å². The third-order valence-electron chi connectivity index (χ3n) is 13.0. The third kappa shape index (κ3) is 59.0. The number of rotatable bonds is 55. The lowest BCUT2D eigenvalue weighted by molar-refractivity contribution is -0.167. The van der Waals surface area contributed by atoms with Gasteiger partial charge in [0.05, 0.1) is 0 Å². The minimum Gasteiger partial charge on any atom is -0.462 e. The van der Waals surface area contributed by atoms with E-state index in [1.807, 2.05) is 0 Å². The van der Waals surface area contributed by atoms with Gasteiger partial charge in [-0.2, -0.15) is 0 Å². The predicted octanol–water partition coefficient (Wildman–Crippen LogP) is 21.0. The Kier molecular flexibility index (Phi) is 58.3. The fourth-order valence-electron chi connectivity index (χ4n) is 8.34. The van der Waals surface area contributed by atoms with Crippen LogP contribution in [0.2, 0.25) is 0 Å². The molecule has 6 heteroatoms. The van der Waals surface area contributed by atoms with Crippen molar-refractivity contribution >= 4 is 17.9 Å². The largest absolute Gasteiger partial charge is 0.462 e. The van der Waals surface area contributed by atoms with Gasteiger partial charge >= 0.3 is 17.9 Å². The summed E-state index contributed by atoms with van der Waals surface area (Å²) in [4.78, 5) is 38.3. The Labute approximate surface area is 457 Å². The van der Waals surface area contributed by atoms with Crippen LogP contribution in [0.25, 0.3) is 0 Å². The summed E-state index contributed by atoms with van der Waals surface area (Å²) in [6, 6.07) is 0. The molecule has 0 amide bonds. The lowest BCUT2D eigenvalue weighted by atomic mass is 10.0. The normalized spacial score (nSPS) is 12.9. The molecular formula is C68H114O6. The van der Waals surface area contributed by atoms with Gasteiger partial charge in [-0.05, 0) is 122 Å². The number of carbonyl (C=O) groups excluding carboxylic acids is 3. The summed E-state index contributed by atoms with van der Waals surface area (Å²) in [7, 11) is 0. The van der Waals surface area contributed by atoms with Gasteiger partial charge in [-0.15, -0.1) is 0 Å². The van der Waals surface area contributed by atoms with Crippen molar-refractivity contribution in [1.82, 2.24) is 0 Å². The molecule has 0 aliphatic heterocycles. The van der Waals surface area contributed by atoms with Gasteiger partial charge in [0.15, 0.2) is 6.10 Å². The molecule has 0 rings (SSSR count). The predicted molar refractivity (Wildman–Crippen MR) is 320 cm³/mol. The maximum absolute atomic E-state index is 12.9. The summed E-state index contributed by atoms with van der Waals surface area (Å²) < 4.78 is 16.9. The minimum atomic E-state index is -0.805. The Balaban J connectivity index is 4.42. The van der Waals surface area contributed by atoms with E-state index in [1.54, 1.807) is 0 Å². The van der Waals surface area contributed by atoms with Crippen LogP contribution in [0.15, 0.2) is 109 Å². The van der Waals surface area contributed by atoms with Crippen LogP contribution in [-0.2, 0) is 28.6 Å². The molecule has 0 aromatic rings. The van der Waals surface area contributed by atoms with Crippen molar-refractivity contribution in [3.63, 3.8) is 0 Å². The number of hydrogen-bond donors (Lipinski definition) is 0. The van der Waals surface area contributed by atoms with Gasteiger partial charge in [-0.25, -0.2) is 0 Å². The van der Waals surface area contributed by atoms with E-state index in [9.17, 15) is 14.4 Å². The van der Waals surface area contributed by atoms with Crippen molar-refractivity contribution in [2.75, 3.05) is 13.2 Å². The molecule has 0 aliphatic carbocycles. The molecule has 1 atom stereocenters. The second kappa shape index (κ2) is 61.6. The fraction of sp³-hybridized carbons (Fsp3) is 0.691. The molecule has 0 aromatic heterocycles. The van der Waals surface area contributed by atoms with Crippen LogP contribution in [0.4, 0.5) is 0 Å². The number of esters is 3. The molecule has 0 bridgehead atoms. The van der Waals surface area contributed by atoms with E-state index >= 15 is 0 Å². The summed E-state index contributed by atoms with van der Waals surface area (Å²) >= 11 is 0. The molecule has 1 unspecified atom stereocenters. The molecule has 74 heavy (non-hydrogen) atoms. The molecule has 0 N–H and O–H groups in total. The van der Waals surface area contributed by atoms with E-state index in [0.29, 0.717) is 12.8 Å². The van der Waals surface area contributed by atoms with Crippen molar-refractivity contribution in [3.05, 3.63) is 109 Å². The summed E-state index contributed by atoms with van der Waals surface area (Å²) in [5, 5.41) is 0. The summed E-state index contributed by atoms with van der Waals surface area (Å²) in [5.74, 6) is -0.943. The molecule has 0 aromatic carbocycles. The maximum Gasteiger partial charge on any atom is 0.306 e. The van der Waals surface area contributed by atoms with Gasteiger partial charge in [0, 0.05) is 19.3 Å². The Hall–Kier alpha value is -3.93. The number of allylic oxidation sites excluding steroid dienone is 18. The summed E-state index contributed by atoms with van der Waals surface area (Å²) in [5.41, 5.74) is 0. The smallest absolute Gasteiger partial charge is 0.306 e. The maximum atomic E-state index is 12.9. The van der Waals surface area contributed by atoms with Crippen LogP contribution in [-0.4, -0.2) is 37.2 Å². The molecule has 0 heterocycles. The number of ether oxygens (including phenoxy) is 3. The highest BCUT2D eigenvalue weighted by molar-refractivity contribution is 5.71. The van der Waals surface area contributed by atoms with Gasteiger partial charge in [0.1, 0.15) is 13.2 Å². The molecule has 422 valence electrons. The van der Waals surface area contributed by atoms with E-state index in [-0.39, 0.29) is 37.5 Å². The quantitative estimate of drug-likeness (QED) is 0.0261. The van der Waals surface area contributed by atoms with Gasteiger partial charge in [0.25, 0.3) is 0 Å². The second-order valence-corrected chi connectivity index (χ2v) is 20.2. The van der Waals surface area contributed by atoms with E-state index in [0.717, 1.165) is 128 Å². The molecule has 0 fully saturated rings. The van der Waals surface area contributed by atoms with Crippen molar-refractivity contribution in [1.29, 1.82) is 0 Å². The van der Waals surface area contributed by atoms with Crippen molar-refractivity contribution in [3.8, 4) is 0 Å².